The van der Waals surface area contributed by atoms with E-state index in [0.29, 0.717) is 9.21 Å². The van der Waals surface area contributed by atoms with E-state index in [1.54, 1.807) is 12.1 Å². The van der Waals surface area contributed by atoms with Crippen molar-refractivity contribution in [2.75, 3.05) is 0 Å². The number of fused-ring (bicyclic) bond motifs is 1. The van der Waals surface area contributed by atoms with Crippen molar-refractivity contribution < 1.29 is 9.90 Å². The maximum atomic E-state index is 10.8. The van der Waals surface area contributed by atoms with Crippen molar-refractivity contribution in [3.63, 3.8) is 0 Å². The van der Waals surface area contributed by atoms with Gasteiger partial charge in [0, 0.05) is 10.8 Å². The summed E-state index contributed by atoms with van der Waals surface area (Å²) >= 11 is 6.48. The Morgan fingerprint density at radius 3 is 2.33 bits per heavy atom. The lowest BCUT2D eigenvalue weighted by Gasteiger charge is -2.02. The molecule has 0 saturated carbocycles. The van der Waals surface area contributed by atoms with Gasteiger partial charge in [0.1, 0.15) is 9.21 Å². The topological polar surface area (TPSA) is 63.1 Å². The molecule has 0 aliphatic carbocycles. The van der Waals surface area contributed by atoms with Crippen LogP contribution in [-0.2, 0) is 0 Å². The fraction of sp³-hybridized carbons (Fsp3) is 0. The second kappa shape index (κ2) is 3.86. The predicted molar refractivity (Wildman–Crippen MR) is 61.9 cm³/mol. The molecule has 0 aliphatic rings. The third-order valence-electron chi connectivity index (χ3n) is 1.94. The fourth-order valence-electron chi connectivity index (χ4n) is 1.22. The van der Waals surface area contributed by atoms with Crippen LogP contribution < -0.4 is 0 Å². The molecule has 0 atom stereocenters. The molecule has 15 heavy (non-hydrogen) atoms. The molecule has 6 heteroatoms. The number of aromatic carboxylic acids is 1. The van der Waals surface area contributed by atoms with E-state index in [9.17, 15) is 4.79 Å². The van der Waals surface area contributed by atoms with Crippen molar-refractivity contribution in [2.45, 2.75) is 0 Å². The highest BCUT2D eigenvalue weighted by Gasteiger charge is 2.09. The van der Waals surface area contributed by atoms with E-state index in [1.807, 2.05) is 0 Å². The molecular weight excluding hydrogens is 328 g/mol. The number of carboxylic acids is 1. The van der Waals surface area contributed by atoms with Crippen molar-refractivity contribution >= 4 is 48.6 Å². The first-order chi connectivity index (χ1) is 7.09. The van der Waals surface area contributed by atoms with Gasteiger partial charge in [-0.25, -0.2) is 4.79 Å². The minimum Gasteiger partial charge on any atom is -0.478 e. The molecule has 2 rings (SSSR count). The third kappa shape index (κ3) is 1.87. The van der Waals surface area contributed by atoms with Gasteiger partial charge >= 0.3 is 5.97 Å². The first kappa shape index (κ1) is 10.5. The van der Waals surface area contributed by atoms with E-state index in [4.69, 9.17) is 5.11 Å². The van der Waals surface area contributed by atoms with E-state index >= 15 is 0 Å². The van der Waals surface area contributed by atoms with E-state index in [-0.39, 0.29) is 5.56 Å². The number of carboxylic acid groups (broad SMARTS) is 1. The van der Waals surface area contributed by atoms with Gasteiger partial charge in [-0.3, -0.25) is 0 Å². The molecule has 0 aliphatic heterocycles. The molecule has 1 heterocycles. The zero-order chi connectivity index (χ0) is 11.0. The monoisotopic (exact) mass is 330 g/mol. The molecule has 76 valence electrons. The summed E-state index contributed by atoms with van der Waals surface area (Å²) < 4.78 is 1.13. The summed E-state index contributed by atoms with van der Waals surface area (Å²) in [4.78, 5) is 10.8. The first-order valence-corrected chi connectivity index (χ1v) is 5.53. The van der Waals surface area contributed by atoms with Crippen molar-refractivity contribution in [2.24, 2.45) is 0 Å². The second-order valence-corrected chi connectivity index (χ2v) is 4.35. The van der Waals surface area contributed by atoms with Crippen LogP contribution in [-0.4, -0.2) is 21.3 Å². The maximum Gasteiger partial charge on any atom is 0.335 e. The molecule has 1 aromatic carbocycles. The zero-order valence-corrected chi connectivity index (χ0v) is 10.4. The highest BCUT2D eigenvalue weighted by molar-refractivity contribution is 9.11. The van der Waals surface area contributed by atoms with Gasteiger partial charge in [0.2, 0.25) is 0 Å². The number of halogens is 2. The van der Waals surface area contributed by atoms with Gasteiger partial charge in [-0.1, -0.05) is 6.07 Å². The number of hydrogen-bond donors (Lipinski definition) is 1. The Morgan fingerprint density at radius 2 is 1.73 bits per heavy atom. The van der Waals surface area contributed by atoms with Crippen LogP contribution in [0.2, 0.25) is 0 Å². The van der Waals surface area contributed by atoms with Crippen LogP contribution in [0.25, 0.3) is 10.8 Å². The van der Waals surface area contributed by atoms with Gasteiger partial charge in [0.05, 0.1) is 5.56 Å². The molecule has 0 unspecified atom stereocenters. The Hall–Kier alpha value is -1.01. The Morgan fingerprint density at radius 1 is 1.13 bits per heavy atom. The molecule has 0 saturated heterocycles. The van der Waals surface area contributed by atoms with Crippen molar-refractivity contribution in [3.8, 4) is 0 Å². The molecule has 0 spiro atoms. The van der Waals surface area contributed by atoms with Crippen molar-refractivity contribution in [3.05, 3.63) is 33.0 Å². The summed E-state index contributed by atoms with van der Waals surface area (Å²) in [6.07, 6.45) is 0. The minimum atomic E-state index is -0.961. The van der Waals surface area contributed by atoms with Crippen LogP contribution in [0.1, 0.15) is 10.4 Å². The maximum absolute atomic E-state index is 10.8. The summed E-state index contributed by atoms with van der Waals surface area (Å²) in [5, 5.41) is 18.1. The van der Waals surface area contributed by atoms with Crippen LogP contribution >= 0.6 is 31.9 Å². The second-order valence-electron chi connectivity index (χ2n) is 2.85. The van der Waals surface area contributed by atoms with E-state index in [1.165, 1.54) is 6.07 Å². The summed E-state index contributed by atoms with van der Waals surface area (Å²) in [5.74, 6) is -0.961. The number of hydrogen-bond acceptors (Lipinski definition) is 3. The number of nitrogens with zero attached hydrogens (tertiary/aromatic N) is 2. The highest BCUT2D eigenvalue weighted by atomic mass is 79.9. The van der Waals surface area contributed by atoms with Gasteiger partial charge in [0.15, 0.2) is 0 Å². The number of rotatable bonds is 1. The first-order valence-electron chi connectivity index (χ1n) is 3.94. The van der Waals surface area contributed by atoms with Gasteiger partial charge in [-0.05, 0) is 44.0 Å². The number of carbonyl (C=O) groups is 1. The van der Waals surface area contributed by atoms with Crippen LogP contribution in [0.5, 0.6) is 0 Å². The van der Waals surface area contributed by atoms with Crippen molar-refractivity contribution in [1.29, 1.82) is 0 Å². The molecule has 0 radical (unpaired) electrons. The molecule has 4 nitrogen and oxygen atoms in total. The van der Waals surface area contributed by atoms with E-state index in [2.05, 4.69) is 42.1 Å². The molecule has 0 fully saturated rings. The normalized spacial score (nSPS) is 10.5. The van der Waals surface area contributed by atoms with Crippen molar-refractivity contribution in [1.82, 2.24) is 10.2 Å². The lowest BCUT2D eigenvalue weighted by atomic mass is 10.1. The summed E-state index contributed by atoms with van der Waals surface area (Å²) in [5.41, 5.74) is 0.225. The summed E-state index contributed by atoms with van der Waals surface area (Å²) in [7, 11) is 0. The average Bonchev–Trinajstić information content (AvgIpc) is 2.23. The fourth-order valence-corrected chi connectivity index (χ4v) is 2.06. The standard InChI is InChI=1S/C9H4Br2N2O2/c10-7-5-2-1-4(9(14)15)3-6(5)8(11)13-12-7/h1-3H,(H,14,15). The largest absolute Gasteiger partial charge is 0.478 e. The lowest BCUT2D eigenvalue weighted by Crippen LogP contribution is -1.96. The molecule has 1 aromatic heterocycles. The third-order valence-corrected chi connectivity index (χ3v) is 3.11. The van der Waals surface area contributed by atoms with Gasteiger partial charge in [-0.2, -0.15) is 0 Å². The Kier molecular flexibility index (Phi) is 2.70. The van der Waals surface area contributed by atoms with Gasteiger partial charge in [0.25, 0.3) is 0 Å². The smallest absolute Gasteiger partial charge is 0.335 e. The van der Waals surface area contributed by atoms with Crippen LogP contribution in [0, 0.1) is 0 Å². The Labute approximate surface area is 102 Å². The van der Waals surface area contributed by atoms with Crippen LogP contribution in [0.15, 0.2) is 27.4 Å². The Balaban J connectivity index is 2.81. The summed E-state index contributed by atoms with van der Waals surface area (Å²) in [6.45, 7) is 0. The summed E-state index contributed by atoms with van der Waals surface area (Å²) in [6, 6.07) is 4.78. The number of benzene rings is 1. The lowest BCUT2D eigenvalue weighted by molar-refractivity contribution is 0.0697. The Bertz CT molecular complexity index is 557. The van der Waals surface area contributed by atoms with Gasteiger partial charge in [-0.15, -0.1) is 10.2 Å². The van der Waals surface area contributed by atoms with Gasteiger partial charge < -0.3 is 5.11 Å². The SMILES string of the molecule is O=C(O)c1ccc2c(Br)nnc(Br)c2c1. The number of aromatic nitrogens is 2. The van der Waals surface area contributed by atoms with E-state index in [0.717, 1.165) is 10.8 Å². The molecule has 1 N–H and O–H groups in total. The highest BCUT2D eigenvalue weighted by Crippen LogP contribution is 2.27. The zero-order valence-electron chi connectivity index (χ0n) is 7.24. The van der Waals surface area contributed by atoms with Crippen LogP contribution in [0.4, 0.5) is 0 Å². The molecule has 2 aromatic rings. The minimum absolute atomic E-state index is 0.225. The molecule has 0 amide bonds. The van der Waals surface area contributed by atoms with E-state index < -0.39 is 5.97 Å². The quantitative estimate of drug-likeness (QED) is 0.872. The van der Waals surface area contributed by atoms with Crippen LogP contribution in [0.3, 0.4) is 0 Å². The predicted octanol–water partition coefficient (Wildman–Crippen LogP) is 2.85. The average molecular weight is 332 g/mol. The molecule has 0 bridgehead atoms. The molecular formula is C9H4Br2N2O2.